The lowest BCUT2D eigenvalue weighted by molar-refractivity contribution is -0.150. The molecule has 2 aromatic carbocycles. The fourth-order valence-corrected chi connectivity index (χ4v) is 6.27. The number of esters is 1. The summed E-state index contributed by atoms with van der Waals surface area (Å²) in [6, 6.07) is 11.9. The molecule has 226 valence electrons. The van der Waals surface area contributed by atoms with Gasteiger partial charge in [0.25, 0.3) is 0 Å². The Kier molecular flexibility index (Phi) is 7.87. The quantitative estimate of drug-likeness (QED) is 0.245. The maximum Gasteiger partial charge on any atom is 0.422 e. The van der Waals surface area contributed by atoms with Crippen molar-refractivity contribution in [3.8, 4) is 34.0 Å². The van der Waals surface area contributed by atoms with E-state index in [1.54, 1.807) is 25.1 Å². The number of hydrogen-bond acceptors (Lipinski definition) is 8. The van der Waals surface area contributed by atoms with E-state index in [1.807, 2.05) is 19.1 Å². The molecule has 1 N–H and O–H groups in total. The number of aryl methyl sites for hydroxylation is 2. The molecule has 2 unspecified atom stereocenters. The van der Waals surface area contributed by atoms with E-state index >= 15 is 0 Å². The Labute approximate surface area is 246 Å². The van der Waals surface area contributed by atoms with Gasteiger partial charge in [-0.25, -0.2) is 0 Å². The van der Waals surface area contributed by atoms with E-state index in [0.29, 0.717) is 43.8 Å². The molecule has 11 heteroatoms. The summed E-state index contributed by atoms with van der Waals surface area (Å²) >= 11 is 0. The molecule has 1 aliphatic carbocycles. The zero-order chi connectivity index (χ0) is 30.3. The van der Waals surface area contributed by atoms with Gasteiger partial charge in [-0.2, -0.15) is 13.2 Å². The summed E-state index contributed by atoms with van der Waals surface area (Å²) < 4.78 is 58.9. The van der Waals surface area contributed by atoms with Crippen LogP contribution < -0.4 is 0 Å². The number of ether oxygens (including phenoxy) is 1. The van der Waals surface area contributed by atoms with Gasteiger partial charge in [-0.1, -0.05) is 46.7 Å². The van der Waals surface area contributed by atoms with Gasteiger partial charge in [-0.05, 0) is 68.8 Å². The van der Waals surface area contributed by atoms with Crippen molar-refractivity contribution in [2.24, 2.45) is 5.92 Å². The first-order valence-electron chi connectivity index (χ1n) is 14.5. The highest BCUT2D eigenvalue weighted by Crippen LogP contribution is 2.47. The van der Waals surface area contributed by atoms with E-state index < -0.39 is 23.5 Å². The van der Waals surface area contributed by atoms with Crippen LogP contribution in [0.1, 0.15) is 53.7 Å². The van der Waals surface area contributed by atoms with E-state index in [2.05, 4.69) is 15.2 Å². The number of halogens is 3. The Hall–Kier alpha value is -3.96. The minimum absolute atomic E-state index is 0.0538. The number of aromatic nitrogens is 2. The van der Waals surface area contributed by atoms with Crippen molar-refractivity contribution in [2.75, 3.05) is 26.2 Å². The Morgan fingerprint density at radius 1 is 1.12 bits per heavy atom. The van der Waals surface area contributed by atoms with Crippen LogP contribution in [-0.2, 0) is 28.5 Å². The van der Waals surface area contributed by atoms with Crippen molar-refractivity contribution in [1.82, 2.24) is 15.2 Å². The second-order valence-corrected chi connectivity index (χ2v) is 11.2. The van der Waals surface area contributed by atoms with Gasteiger partial charge in [0.2, 0.25) is 0 Å². The lowest BCUT2D eigenvalue weighted by atomic mass is 9.84. The maximum absolute atomic E-state index is 14.3. The number of fused-ring (bicyclic) bond motifs is 3. The molecular weight excluding hydrogens is 563 g/mol. The van der Waals surface area contributed by atoms with Crippen molar-refractivity contribution in [2.45, 2.75) is 51.8 Å². The first-order chi connectivity index (χ1) is 20.7. The number of aliphatic hydroxyl groups is 1. The number of alkyl halides is 3. The van der Waals surface area contributed by atoms with Crippen molar-refractivity contribution in [3.05, 3.63) is 70.3 Å². The number of hydrogen-bond donors (Lipinski definition) is 1. The monoisotopic (exact) mass is 595 g/mol. The number of nitrogens with zero attached hydrogens (tertiary/aromatic N) is 3. The molecule has 1 fully saturated rings. The molecule has 0 bridgehead atoms. The van der Waals surface area contributed by atoms with Gasteiger partial charge >= 0.3 is 12.1 Å². The van der Waals surface area contributed by atoms with Gasteiger partial charge in [-0.3, -0.25) is 9.69 Å². The molecule has 1 saturated heterocycles. The molecule has 2 atom stereocenters. The standard InChI is InChI=1S/C32H32F3N3O5/c1-3-41-31(40)21-10-7-13-38(16-21)17-25(39)23-15-20-11-12-22-27(24(20)14-18(23)2)36-43-30(22)28-26(32(33,34)35)29(42-37-28)19-8-5-4-6-9-19/h4-6,8-9,14-15,21,25,39H,3,7,10-13,16-17H2,1-2H3. The summed E-state index contributed by atoms with van der Waals surface area (Å²) in [7, 11) is 0. The van der Waals surface area contributed by atoms with Crippen LogP contribution in [-0.4, -0.2) is 52.5 Å². The van der Waals surface area contributed by atoms with Crippen LogP contribution in [0.2, 0.25) is 0 Å². The van der Waals surface area contributed by atoms with Gasteiger partial charge < -0.3 is 18.9 Å². The second-order valence-electron chi connectivity index (χ2n) is 11.2. The zero-order valence-electron chi connectivity index (χ0n) is 23.9. The smallest absolute Gasteiger partial charge is 0.422 e. The van der Waals surface area contributed by atoms with Gasteiger partial charge in [0, 0.05) is 29.8 Å². The van der Waals surface area contributed by atoms with Crippen molar-refractivity contribution >= 4 is 5.97 Å². The lowest BCUT2D eigenvalue weighted by Gasteiger charge is -2.33. The third kappa shape index (κ3) is 5.59. The highest BCUT2D eigenvalue weighted by Gasteiger charge is 2.43. The number of piperidine rings is 1. The summed E-state index contributed by atoms with van der Waals surface area (Å²) in [6.45, 7) is 5.73. The fourth-order valence-electron chi connectivity index (χ4n) is 6.27. The number of carbonyl (C=O) groups excluding carboxylic acids is 1. The molecule has 0 saturated carbocycles. The molecule has 3 heterocycles. The minimum Gasteiger partial charge on any atom is -0.466 e. The minimum atomic E-state index is -4.74. The van der Waals surface area contributed by atoms with Crippen molar-refractivity contribution in [3.63, 3.8) is 0 Å². The highest BCUT2D eigenvalue weighted by molar-refractivity contribution is 5.79. The molecule has 6 rings (SSSR count). The summed E-state index contributed by atoms with van der Waals surface area (Å²) in [5.41, 5.74) is 3.12. The number of β-amino-alcohol motifs (C(OH)–C–C–N with tert-alkyl or cyclic N) is 1. The Balaban J connectivity index is 1.28. The third-order valence-corrected chi connectivity index (χ3v) is 8.32. The van der Waals surface area contributed by atoms with E-state index in [9.17, 15) is 23.1 Å². The molecule has 2 aliphatic rings. The number of benzene rings is 2. The molecule has 43 heavy (non-hydrogen) atoms. The van der Waals surface area contributed by atoms with E-state index in [4.69, 9.17) is 13.8 Å². The van der Waals surface area contributed by atoms with Gasteiger partial charge in [0.15, 0.2) is 17.2 Å². The molecular formula is C32H32F3N3O5. The number of carbonyl (C=O) groups is 1. The highest BCUT2D eigenvalue weighted by atomic mass is 19.4. The predicted molar refractivity (Wildman–Crippen MR) is 151 cm³/mol. The van der Waals surface area contributed by atoms with Crippen LogP contribution in [0.25, 0.3) is 34.0 Å². The van der Waals surface area contributed by atoms with E-state index in [1.165, 1.54) is 12.1 Å². The van der Waals surface area contributed by atoms with Crippen LogP contribution in [0.3, 0.4) is 0 Å². The first kappa shape index (κ1) is 29.1. The predicted octanol–water partition coefficient (Wildman–Crippen LogP) is 6.40. The van der Waals surface area contributed by atoms with Crippen LogP contribution in [0.4, 0.5) is 13.2 Å². The molecule has 8 nitrogen and oxygen atoms in total. The number of rotatable bonds is 7. The molecule has 0 amide bonds. The average molecular weight is 596 g/mol. The topological polar surface area (TPSA) is 102 Å². The maximum atomic E-state index is 14.3. The van der Waals surface area contributed by atoms with E-state index in [0.717, 1.165) is 41.6 Å². The van der Waals surface area contributed by atoms with Crippen LogP contribution in [0.5, 0.6) is 0 Å². The summed E-state index contributed by atoms with van der Waals surface area (Å²) in [5.74, 6) is -0.821. The van der Waals surface area contributed by atoms with Crippen LogP contribution >= 0.6 is 0 Å². The number of aliphatic hydroxyl groups excluding tert-OH is 1. The second kappa shape index (κ2) is 11.6. The van der Waals surface area contributed by atoms with Gasteiger partial charge in [0.1, 0.15) is 11.3 Å². The lowest BCUT2D eigenvalue weighted by Crippen LogP contribution is -2.41. The molecule has 0 radical (unpaired) electrons. The summed E-state index contributed by atoms with van der Waals surface area (Å²) in [5, 5.41) is 19.2. The zero-order valence-corrected chi connectivity index (χ0v) is 23.9. The first-order valence-corrected chi connectivity index (χ1v) is 14.5. The Bertz CT molecular complexity index is 1630. The summed E-state index contributed by atoms with van der Waals surface area (Å²) in [4.78, 5) is 14.3. The SMILES string of the molecule is CCOC(=O)C1CCCN(CC(O)c2cc3c(cc2C)-c2noc(-c4noc(-c5ccccc5)c4C(F)(F)F)c2CC3)C1. The van der Waals surface area contributed by atoms with E-state index in [-0.39, 0.29) is 29.0 Å². The van der Waals surface area contributed by atoms with Crippen molar-refractivity contribution < 1.29 is 36.9 Å². The molecule has 1 aliphatic heterocycles. The van der Waals surface area contributed by atoms with Crippen LogP contribution in [0, 0.1) is 12.8 Å². The van der Waals surface area contributed by atoms with Crippen LogP contribution in [0.15, 0.2) is 51.5 Å². The van der Waals surface area contributed by atoms with Gasteiger partial charge in [0.05, 0.1) is 18.6 Å². The Morgan fingerprint density at radius 2 is 1.86 bits per heavy atom. The molecule has 0 spiro atoms. The van der Waals surface area contributed by atoms with Crippen molar-refractivity contribution in [1.29, 1.82) is 0 Å². The number of likely N-dealkylation sites (tertiary alicyclic amines) is 1. The normalized spacial score (nSPS) is 17.8. The van der Waals surface area contributed by atoms with Gasteiger partial charge in [-0.15, -0.1) is 0 Å². The summed E-state index contributed by atoms with van der Waals surface area (Å²) in [6.07, 6.45) is -2.98. The average Bonchev–Trinajstić information content (AvgIpc) is 3.62. The Morgan fingerprint density at radius 3 is 2.60 bits per heavy atom. The third-order valence-electron chi connectivity index (χ3n) is 8.32. The largest absolute Gasteiger partial charge is 0.466 e. The molecule has 4 aromatic rings. The fraction of sp³-hybridized carbons (Fsp3) is 0.406. The molecule has 2 aromatic heterocycles.